The Labute approximate surface area is 123 Å². The van der Waals surface area contributed by atoms with Gasteiger partial charge in [-0.15, -0.1) is 0 Å². The van der Waals surface area contributed by atoms with E-state index in [1.54, 1.807) is 17.2 Å². The number of nitrogens with zero attached hydrogens (tertiary/aromatic N) is 4. The lowest BCUT2D eigenvalue weighted by Gasteiger charge is -2.25. The van der Waals surface area contributed by atoms with Gasteiger partial charge in [0.05, 0.1) is 12.2 Å². The maximum atomic E-state index is 12.0. The Morgan fingerprint density at radius 1 is 1.43 bits per heavy atom. The Hall–Kier alpha value is -2.37. The van der Waals surface area contributed by atoms with Crippen LogP contribution in [-0.4, -0.2) is 37.2 Å². The summed E-state index contributed by atoms with van der Waals surface area (Å²) in [4.78, 5) is 18.0. The van der Waals surface area contributed by atoms with Gasteiger partial charge < -0.3 is 10.0 Å². The number of hydrogen-bond acceptors (Lipinski definition) is 4. The average Bonchev–Trinajstić information content (AvgIpc) is 2.85. The Balaban J connectivity index is 1.89. The zero-order chi connectivity index (χ0) is 14.8. The van der Waals surface area contributed by atoms with Crippen LogP contribution in [0.25, 0.3) is 5.82 Å². The molecule has 0 bridgehead atoms. The van der Waals surface area contributed by atoms with E-state index in [-0.39, 0.29) is 11.8 Å². The SMILES string of the molecule is CCCC(=O)N1CCc2c(nn(-c3ccccn3)c2O)C1. The standard InChI is InChI=1S/C15H18N4O2/c1-2-5-14(20)18-9-7-11-12(10-18)17-19(15(11)21)13-6-3-4-8-16-13/h3-4,6,8,21H,2,5,7,9-10H2,1H3. The molecule has 0 fully saturated rings. The minimum Gasteiger partial charge on any atom is -0.493 e. The highest BCUT2D eigenvalue weighted by Crippen LogP contribution is 2.29. The predicted molar refractivity (Wildman–Crippen MR) is 77.1 cm³/mol. The third kappa shape index (κ3) is 2.49. The average molecular weight is 286 g/mol. The van der Waals surface area contributed by atoms with Gasteiger partial charge in [0.1, 0.15) is 0 Å². The first kappa shape index (κ1) is 13.6. The summed E-state index contributed by atoms with van der Waals surface area (Å²) >= 11 is 0. The first-order valence-electron chi connectivity index (χ1n) is 7.19. The maximum Gasteiger partial charge on any atom is 0.222 e. The van der Waals surface area contributed by atoms with Gasteiger partial charge in [-0.2, -0.15) is 9.78 Å². The van der Waals surface area contributed by atoms with Crippen LogP contribution in [0.2, 0.25) is 0 Å². The van der Waals surface area contributed by atoms with Crippen LogP contribution in [0.1, 0.15) is 31.0 Å². The molecule has 110 valence electrons. The highest BCUT2D eigenvalue weighted by molar-refractivity contribution is 5.76. The zero-order valence-electron chi connectivity index (χ0n) is 12.0. The molecule has 2 aromatic rings. The molecule has 0 saturated carbocycles. The molecule has 6 nitrogen and oxygen atoms in total. The minimum absolute atomic E-state index is 0.131. The fraction of sp³-hybridized carbons (Fsp3) is 0.400. The summed E-state index contributed by atoms with van der Waals surface area (Å²) in [6.45, 7) is 3.09. The van der Waals surface area contributed by atoms with E-state index < -0.39 is 0 Å². The van der Waals surface area contributed by atoms with Gasteiger partial charge in [0.25, 0.3) is 0 Å². The second-order valence-electron chi connectivity index (χ2n) is 5.16. The number of pyridine rings is 1. The number of hydrogen-bond donors (Lipinski definition) is 1. The summed E-state index contributed by atoms with van der Waals surface area (Å²) in [7, 11) is 0. The summed E-state index contributed by atoms with van der Waals surface area (Å²) in [5.41, 5.74) is 1.58. The molecule has 0 aromatic carbocycles. The summed E-state index contributed by atoms with van der Waals surface area (Å²) in [6, 6.07) is 5.45. The lowest BCUT2D eigenvalue weighted by Crippen LogP contribution is -2.35. The molecule has 0 spiro atoms. The van der Waals surface area contributed by atoms with Crippen molar-refractivity contribution < 1.29 is 9.90 Å². The number of aromatic hydroxyl groups is 1. The fourth-order valence-electron chi connectivity index (χ4n) is 2.60. The van der Waals surface area contributed by atoms with Crippen LogP contribution in [0.4, 0.5) is 0 Å². The van der Waals surface area contributed by atoms with Crippen LogP contribution in [0.5, 0.6) is 5.88 Å². The minimum atomic E-state index is 0.131. The van der Waals surface area contributed by atoms with Crippen LogP contribution in [0.15, 0.2) is 24.4 Å². The molecular weight excluding hydrogens is 268 g/mol. The van der Waals surface area contributed by atoms with E-state index in [1.165, 1.54) is 4.68 Å². The Bertz CT molecular complexity index is 651. The van der Waals surface area contributed by atoms with Crippen LogP contribution in [0.3, 0.4) is 0 Å². The summed E-state index contributed by atoms with van der Waals surface area (Å²) < 4.78 is 1.44. The van der Waals surface area contributed by atoms with Gasteiger partial charge in [-0.1, -0.05) is 13.0 Å². The van der Waals surface area contributed by atoms with E-state index >= 15 is 0 Å². The van der Waals surface area contributed by atoms with E-state index in [0.717, 1.165) is 17.7 Å². The summed E-state index contributed by atoms with van der Waals surface area (Å²) in [6.07, 6.45) is 3.69. The molecule has 1 N–H and O–H groups in total. The Kier molecular flexibility index (Phi) is 3.60. The van der Waals surface area contributed by atoms with E-state index in [0.29, 0.717) is 31.7 Å². The number of aromatic nitrogens is 3. The van der Waals surface area contributed by atoms with E-state index in [4.69, 9.17) is 0 Å². The number of carbonyl (C=O) groups is 1. The van der Waals surface area contributed by atoms with Gasteiger partial charge in [-0.3, -0.25) is 4.79 Å². The number of carbonyl (C=O) groups excluding carboxylic acids is 1. The zero-order valence-corrected chi connectivity index (χ0v) is 12.0. The third-order valence-electron chi connectivity index (χ3n) is 3.69. The summed E-state index contributed by atoms with van der Waals surface area (Å²) in [5, 5.41) is 14.7. The van der Waals surface area contributed by atoms with E-state index in [9.17, 15) is 9.90 Å². The molecule has 0 aliphatic carbocycles. The monoisotopic (exact) mass is 286 g/mol. The van der Waals surface area contributed by atoms with Crippen molar-refractivity contribution in [2.75, 3.05) is 6.54 Å². The van der Waals surface area contributed by atoms with Crippen molar-refractivity contribution in [2.24, 2.45) is 0 Å². The van der Waals surface area contributed by atoms with E-state index in [2.05, 4.69) is 10.1 Å². The third-order valence-corrected chi connectivity index (χ3v) is 3.69. The largest absolute Gasteiger partial charge is 0.493 e. The summed E-state index contributed by atoms with van der Waals surface area (Å²) in [5.74, 6) is 0.858. The molecule has 3 heterocycles. The van der Waals surface area contributed by atoms with Crippen LogP contribution in [-0.2, 0) is 17.8 Å². The number of fused-ring (bicyclic) bond motifs is 1. The number of amides is 1. The lowest BCUT2D eigenvalue weighted by molar-refractivity contribution is -0.132. The second kappa shape index (κ2) is 5.55. The fourth-order valence-corrected chi connectivity index (χ4v) is 2.60. The molecule has 0 atom stereocenters. The maximum absolute atomic E-state index is 12.0. The topological polar surface area (TPSA) is 71.2 Å². The van der Waals surface area contributed by atoms with Gasteiger partial charge in [0, 0.05) is 24.7 Å². The van der Waals surface area contributed by atoms with Gasteiger partial charge in [0.2, 0.25) is 11.8 Å². The van der Waals surface area contributed by atoms with Gasteiger partial charge in [0.15, 0.2) is 5.82 Å². The van der Waals surface area contributed by atoms with Crippen molar-refractivity contribution in [1.82, 2.24) is 19.7 Å². The Morgan fingerprint density at radius 2 is 2.29 bits per heavy atom. The van der Waals surface area contributed by atoms with Gasteiger partial charge in [-0.25, -0.2) is 4.98 Å². The van der Waals surface area contributed by atoms with Crippen molar-refractivity contribution >= 4 is 5.91 Å². The molecule has 1 aliphatic rings. The highest BCUT2D eigenvalue weighted by Gasteiger charge is 2.27. The van der Waals surface area contributed by atoms with Crippen molar-refractivity contribution in [1.29, 1.82) is 0 Å². The quantitative estimate of drug-likeness (QED) is 0.931. The van der Waals surface area contributed by atoms with Crippen LogP contribution >= 0.6 is 0 Å². The normalized spacial score (nSPS) is 14.0. The molecule has 0 saturated heterocycles. The first-order chi connectivity index (χ1) is 10.2. The smallest absolute Gasteiger partial charge is 0.222 e. The molecule has 2 aromatic heterocycles. The van der Waals surface area contributed by atoms with Crippen molar-refractivity contribution in [3.8, 4) is 11.7 Å². The predicted octanol–water partition coefficient (Wildman–Crippen LogP) is 1.66. The van der Waals surface area contributed by atoms with E-state index in [1.807, 2.05) is 19.1 Å². The number of rotatable bonds is 3. The molecule has 1 amide bonds. The van der Waals surface area contributed by atoms with Crippen molar-refractivity contribution in [2.45, 2.75) is 32.7 Å². The molecular formula is C15H18N4O2. The van der Waals surface area contributed by atoms with Crippen LogP contribution < -0.4 is 0 Å². The van der Waals surface area contributed by atoms with Gasteiger partial charge >= 0.3 is 0 Å². The van der Waals surface area contributed by atoms with Gasteiger partial charge in [-0.05, 0) is 25.0 Å². The molecule has 1 aliphatic heterocycles. The first-order valence-corrected chi connectivity index (χ1v) is 7.19. The molecule has 3 rings (SSSR count). The molecule has 6 heteroatoms. The lowest BCUT2D eigenvalue weighted by atomic mass is 10.1. The van der Waals surface area contributed by atoms with Crippen molar-refractivity contribution in [3.63, 3.8) is 0 Å². The molecule has 0 unspecified atom stereocenters. The molecule has 21 heavy (non-hydrogen) atoms. The highest BCUT2D eigenvalue weighted by atomic mass is 16.3. The Morgan fingerprint density at radius 3 is 3.00 bits per heavy atom. The molecule has 0 radical (unpaired) electrons. The van der Waals surface area contributed by atoms with Crippen LogP contribution in [0, 0.1) is 0 Å². The van der Waals surface area contributed by atoms with Crippen molar-refractivity contribution in [3.05, 3.63) is 35.7 Å². The second-order valence-corrected chi connectivity index (χ2v) is 5.16.